The van der Waals surface area contributed by atoms with Crippen molar-refractivity contribution in [3.8, 4) is 39.3 Å². The fourth-order valence-corrected chi connectivity index (χ4v) is 17.7. The highest BCUT2D eigenvalue weighted by Gasteiger charge is 2.42. The van der Waals surface area contributed by atoms with Crippen LogP contribution in [-0.4, -0.2) is 21.8 Å². The van der Waals surface area contributed by atoms with E-state index in [1.165, 1.54) is 108 Å². The smallest absolute Gasteiger partial charge is 0.179 e. The number of benzene rings is 12. The molecule has 0 aliphatic carbocycles. The summed E-state index contributed by atoms with van der Waals surface area (Å²) in [6.45, 7) is 0. The van der Waals surface area contributed by atoms with Crippen LogP contribution in [0.2, 0.25) is 0 Å². The number of fused-ring (bicyclic) bond motifs is 9. The van der Waals surface area contributed by atoms with E-state index in [0.717, 1.165) is 17.1 Å². The molecule has 0 saturated carbocycles. The van der Waals surface area contributed by atoms with Crippen LogP contribution in [0.25, 0.3) is 105 Å². The second kappa shape index (κ2) is 17.7. The van der Waals surface area contributed by atoms with Crippen LogP contribution in [0.15, 0.2) is 297 Å². The average Bonchev–Trinajstić information content (AvgIpc) is 4.23. The van der Waals surface area contributed by atoms with Gasteiger partial charge < -0.3 is 13.7 Å². The molecule has 0 aliphatic rings. The van der Waals surface area contributed by atoms with Crippen molar-refractivity contribution in [2.75, 3.05) is 0 Å². The first-order chi connectivity index (χ1) is 37.8. The Labute approximate surface area is 442 Å². The van der Waals surface area contributed by atoms with Crippen molar-refractivity contribution in [1.82, 2.24) is 13.7 Å². The van der Waals surface area contributed by atoms with Gasteiger partial charge in [-0.2, -0.15) is 0 Å². The molecule has 0 fully saturated rings. The quantitative estimate of drug-likeness (QED) is 0.101. The molecule has 12 aromatic carbocycles. The third-order valence-corrected chi connectivity index (χ3v) is 20.7. The normalized spacial score (nSPS) is 11.9. The topological polar surface area (TPSA) is 14.8 Å². The minimum atomic E-state index is -3.09. The minimum absolute atomic E-state index is 1.13. The Balaban J connectivity index is 0.975. The molecule has 3 aromatic heterocycles. The summed E-state index contributed by atoms with van der Waals surface area (Å²) in [5, 5.41) is 12.7. The molecule has 15 rings (SSSR count). The molecule has 0 N–H and O–H groups in total. The van der Waals surface area contributed by atoms with Crippen LogP contribution in [-0.2, 0) is 0 Å². The van der Waals surface area contributed by atoms with Crippen molar-refractivity contribution in [3.05, 3.63) is 297 Å². The Kier molecular flexibility index (Phi) is 10.2. The van der Waals surface area contributed by atoms with Crippen molar-refractivity contribution in [3.63, 3.8) is 0 Å². The van der Waals surface area contributed by atoms with E-state index in [4.69, 9.17) is 0 Å². The number of hydrogen-bond donors (Lipinski definition) is 0. The highest BCUT2D eigenvalue weighted by molar-refractivity contribution is 7.20. The first kappa shape index (κ1) is 43.8. The molecule has 0 saturated heterocycles. The molecule has 0 aliphatic heterocycles. The lowest BCUT2D eigenvalue weighted by atomic mass is 9.92. The summed E-state index contributed by atoms with van der Waals surface area (Å²) in [5.41, 5.74) is 15.3. The molecule has 0 amide bonds. The van der Waals surface area contributed by atoms with Crippen molar-refractivity contribution in [1.29, 1.82) is 0 Å². The molecule has 3 heterocycles. The number of nitrogens with zero attached hydrogens (tertiary/aromatic N) is 3. The average molecular weight is 984 g/mol. The van der Waals surface area contributed by atoms with E-state index in [2.05, 4.69) is 311 Å². The van der Waals surface area contributed by atoms with Crippen LogP contribution in [0.5, 0.6) is 0 Å². The summed E-state index contributed by atoms with van der Waals surface area (Å²) in [5.74, 6) is 0. The fourth-order valence-electron chi connectivity index (χ4n) is 12.9. The van der Waals surface area contributed by atoms with Gasteiger partial charge in [0.1, 0.15) is 0 Å². The Morgan fingerprint density at radius 3 is 1.05 bits per heavy atom. The second-order valence-electron chi connectivity index (χ2n) is 19.9. The summed E-state index contributed by atoms with van der Waals surface area (Å²) in [7, 11) is -3.09. The molecule has 4 heteroatoms. The van der Waals surface area contributed by atoms with Gasteiger partial charge >= 0.3 is 0 Å². The van der Waals surface area contributed by atoms with Crippen molar-refractivity contribution < 1.29 is 0 Å². The summed E-state index contributed by atoms with van der Waals surface area (Å²) >= 11 is 0. The van der Waals surface area contributed by atoms with Crippen molar-refractivity contribution in [2.45, 2.75) is 0 Å². The van der Waals surface area contributed by atoms with E-state index in [1.807, 2.05) is 0 Å². The van der Waals surface area contributed by atoms with Crippen LogP contribution in [0.3, 0.4) is 0 Å². The predicted octanol–water partition coefficient (Wildman–Crippen LogP) is 15.7. The van der Waals surface area contributed by atoms with E-state index >= 15 is 0 Å². The fraction of sp³-hybridized carbons (Fsp3) is 0. The van der Waals surface area contributed by atoms with Crippen LogP contribution >= 0.6 is 0 Å². The molecule has 15 aromatic rings. The predicted molar refractivity (Wildman–Crippen MR) is 324 cm³/mol. The lowest BCUT2D eigenvalue weighted by Gasteiger charge is -2.35. The minimum Gasteiger partial charge on any atom is -0.309 e. The number of rotatable bonds is 9. The van der Waals surface area contributed by atoms with Gasteiger partial charge in [-0.15, -0.1) is 0 Å². The van der Waals surface area contributed by atoms with Gasteiger partial charge in [0.25, 0.3) is 0 Å². The maximum atomic E-state index is 2.54. The van der Waals surface area contributed by atoms with Gasteiger partial charge in [-0.25, -0.2) is 0 Å². The zero-order valence-electron chi connectivity index (χ0n) is 41.6. The Morgan fingerprint density at radius 2 is 0.539 bits per heavy atom. The van der Waals surface area contributed by atoms with Gasteiger partial charge in [0.05, 0.1) is 38.8 Å². The summed E-state index contributed by atoms with van der Waals surface area (Å²) < 4.78 is 7.45. The molecule has 76 heavy (non-hydrogen) atoms. The van der Waals surface area contributed by atoms with Crippen molar-refractivity contribution >= 4 is 94.2 Å². The monoisotopic (exact) mass is 983 g/mol. The molecule has 356 valence electrons. The molecule has 0 atom stereocenters. The number of aromatic nitrogens is 3. The van der Waals surface area contributed by atoms with Crippen LogP contribution < -0.4 is 20.7 Å². The maximum Gasteiger partial charge on any atom is 0.179 e. The van der Waals surface area contributed by atoms with Gasteiger partial charge in [-0.3, -0.25) is 0 Å². The van der Waals surface area contributed by atoms with Gasteiger partial charge in [-0.1, -0.05) is 237 Å². The highest BCUT2D eigenvalue weighted by Crippen LogP contribution is 2.44. The van der Waals surface area contributed by atoms with E-state index in [1.54, 1.807) is 0 Å². The Bertz CT molecular complexity index is 4570. The molecule has 0 unspecified atom stereocenters. The summed E-state index contributed by atoms with van der Waals surface area (Å²) in [6, 6.07) is 111. The van der Waals surface area contributed by atoms with Gasteiger partial charge in [-0.05, 0) is 92.5 Å². The molecular formula is C72H49N3Si. The zero-order valence-corrected chi connectivity index (χ0v) is 42.6. The molecular weight excluding hydrogens is 935 g/mol. The summed E-state index contributed by atoms with van der Waals surface area (Å²) in [6.07, 6.45) is 0. The lowest BCUT2D eigenvalue weighted by Crippen LogP contribution is -2.74. The Morgan fingerprint density at radius 1 is 0.211 bits per heavy atom. The van der Waals surface area contributed by atoms with E-state index in [9.17, 15) is 0 Å². The lowest BCUT2D eigenvalue weighted by molar-refractivity contribution is 1.18. The van der Waals surface area contributed by atoms with Gasteiger partial charge in [0.15, 0.2) is 8.07 Å². The van der Waals surface area contributed by atoms with Crippen molar-refractivity contribution in [2.24, 2.45) is 0 Å². The first-order valence-electron chi connectivity index (χ1n) is 26.3. The van der Waals surface area contributed by atoms with Crippen LogP contribution in [0.1, 0.15) is 0 Å². The molecule has 0 spiro atoms. The van der Waals surface area contributed by atoms with E-state index in [0.29, 0.717) is 0 Å². The van der Waals surface area contributed by atoms with E-state index in [-0.39, 0.29) is 0 Å². The molecule has 3 nitrogen and oxygen atoms in total. The van der Waals surface area contributed by atoms with Gasteiger partial charge in [0.2, 0.25) is 0 Å². The second-order valence-corrected chi connectivity index (χ2v) is 23.7. The van der Waals surface area contributed by atoms with Gasteiger partial charge in [0, 0.05) is 54.8 Å². The zero-order chi connectivity index (χ0) is 50.2. The SMILES string of the molecule is c1ccc([Si](c2ccccc2)(c2cccc(-n3c4ccccc4c4ccccc43)c2)c2cccc(-n3c4ccccc4c4cccc(-c5ccccc5-c5ccccc5-n5c6ccccc6c6ccccc65)c43)c2)cc1. The van der Waals surface area contributed by atoms with Crippen LogP contribution in [0.4, 0.5) is 0 Å². The maximum absolute atomic E-state index is 3.09. The third-order valence-electron chi connectivity index (χ3n) is 16.0. The number of hydrogen-bond acceptors (Lipinski definition) is 0. The first-order valence-corrected chi connectivity index (χ1v) is 28.3. The Hall–Kier alpha value is -9.74. The molecule has 0 bridgehead atoms. The van der Waals surface area contributed by atoms with Crippen LogP contribution in [0, 0.1) is 0 Å². The molecule has 0 radical (unpaired) electrons. The summed E-state index contributed by atoms with van der Waals surface area (Å²) in [4.78, 5) is 0. The number of para-hydroxylation sites is 7. The third kappa shape index (κ3) is 6.61. The van der Waals surface area contributed by atoms with E-state index < -0.39 is 8.07 Å². The standard InChI is InChI=1S/C72H49N3Si/c1-3-26-52(27-4-1)76(53-28-5-2-6-29-53,54-30-21-24-50(48-54)73-66-42-15-10-35-59(66)60-36-11-16-43-67(60)73)55-31-22-25-51(49-55)74-68-44-17-14-39-63(68)65-41-23-40-64(72(65)74)57-33-8-7-32-56(57)58-34-9-18-45-69(58)75-70-46-19-12-37-61(70)62-38-13-20-47-71(62)75/h1-49H. The largest absolute Gasteiger partial charge is 0.309 e. The highest BCUT2D eigenvalue weighted by atomic mass is 28.3.